The first kappa shape index (κ1) is 14.2. The maximum atomic E-state index is 13.7. The first-order valence-corrected chi connectivity index (χ1v) is 5.78. The molecule has 0 bridgehead atoms. The second kappa shape index (κ2) is 6.77. The van der Waals surface area contributed by atoms with Crippen LogP contribution in [0.25, 0.3) is 0 Å². The lowest BCUT2D eigenvalue weighted by atomic mass is 10.1. The Morgan fingerprint density at radius 2 is 2.28 bits per heavy atom. The van der Waals surface area contributed by atoms with E-state index in [0.29, 0.717) is 12.0 Å². The first-order chi connectivity index (χ1) is 8.58. The minimum absolute atomic E-state index is 0.148. The van der Waals surface area contributed by atoms with Gasteiger partial charge in [-0.25, -0.2) is 4.39 Å². The fourth-order valence-electron chi connectivity index (χ4n) is 1.28. The van der Waals surface area contributed by atoms with Gasteiger partial charge in [-0.3, -0.25) is 4.79 Å². The van der Waals surface area contributed by atoms with E-state index in [-0.39, 0.29) is 24.1 Å². The van der Waals surface area contributed by atoms with Crippen LogP contribution in [0.4, 0.5) is 10.1 Å². The Bertz CT molecular complexity index is 488. The number of hydrogen-bond donors (Lipinski definition) is 2. The molecule has 2 N–H and O–H groups in total. The summed E-state index contributed by atoms with van der Waals surface area (Å²) in [6.07, 6.45) is 0.702. The van der Waals surface area contributed by atoms with Gasteiger partial charge in [-0.2, -0.15) is 0 Å². The smallest absolute Gasteiger partial charge is 0.227 e. The third kappa shape index (κ3) is 3.86. The van der Waals surface area contributed by atoms with Gasteiger partial charge in [0.2, 0.25) is 5.91 Å². The molecule has 1 aromatic carbocycles. The quantitative estimate of drug-likeness (QED) is 0.806. The standard InChI is InChI=1S/C14H16FNO2/c1-3-10(2)14(18)16-13-7-6-11(5-4-8-17)9-12(13)15/h6-7,9-10,17H,3,8H2,1-2H3,(H,16,18). The van der Waals surface area contributed by atoms with Gasteiger partial charge < -0.3 is 10.4 Å². The summed E-state index contributed by atoms with van der Waals surface area (Å²) in [6.45, 7) is 3.41. The number of amides is 1. The van der Waals surface area contributed by atoms with E-state index in [0.717, 1.165) is 0 Å². The molecule has 0 heterocycles. The largest absolute Gasteiger partial charge is 0.384 e. The lowest BCUT2D eigenvalue weighted by molar-refractivity contribution is -0.119. The van der Waals surface area contributed by atoms with Gasteiger partial charge in [0.05, 0.1) is 5.69 Å². The van der Waals surface area contributed by atoms with Crippen LogP contribution in [0.5, 0.6) is 0 Å². The zero-order valence-electron chi connectivity index (χ0n) is 10.5. The van der Waals surface area contributed by atoms with E-state index in [2.05, 4.69) is 17.2 Å². The second-order valence-corrected chi connectivity index (χ2v) is 3.95. The van der Waals surface area contributed by atoms with E-state index in [9.17, 15) is 9.18 Å². The van der Waals surface area contributed by atoms with Gasteiger partial charge in [-0.05, 0) is 24.6 Å². The zero-order valence-corrected chi connectivity index (χ0v) is 10.5. The number of carbonyl (C=O) groups excluding carboxylic acids is 1. The number of aliphatic hydroxyl groups is 1. The van der Waals surface area contributed by atoms with Crippen LogP contribution in [0.1, 0.15) is 25.8 Å². The van der Waals surface area contributed by atoms with Crippen LogP contribution in [0.3, 0.4) is 0 Å². The molecule has 1 rings (SSSR count). The molecule has 1 amide bonds. The lowest BCUT2D eigenvalue weighted by Gasteiger charge is -2.10. The van der Waals surface area contributed by atoms with Crippen molar-refractivity contribution in [3.05, 3.63) is 29.6 Å². The molecule has 0 aliphatic heterocycles. The summed E-state index contributed by atoms with van der Waals surface area (Å²) >= 11 is 0. The van der Waals surface area contributed by atoms with Crippen LogP contribution >= 0.6 is 0 Å². The molecule has 1 aromatic rings. The summed E-state index contributed by atoms with van der Waals surface area (Å²) in [5.74, 6) is 4.14. The van der Waals surface area contributed by atoms with E-state index in [1.54, 1.807) is 13.0 Å². The number of aliphatic hydroxyl groups excluding tert-OH is 1. The SMILES string of the molecule is CCC(C)C(=O)Nc1ccc(C#CCO)cc1F. The van der Waals surface area contributed by atoms with E-state index in [1.807, 2.05) is 6.92 Å². The monoisotopic (exact) mass is 249 g/mol. The van der Waals surface area contributed by atoms with Gasteiger partial charge in [0.1, 0.15) is 12.4 Å². The van der Waals surface area contributed by atoms with Crippen LogP contribution < -0.4 is 5.32 Å². The van der Waals surface area contributed by atoms with Crippen molar-refractivity contribution < 1.29 is 14.3 Å². The summed E-state index contributed by atoms with van der Waals surface area (Å²) in [5.41, 5.74) is 0.609. The second-order valence-electron chi connectivity index (χ2n) is 3.95. The molecule has 0 saturated carbocycles. The maximum Gasteiger partial charge on any atom is 0.227 e. The summed E-state index contributed by atoms with van der Waals surface area (Å²) in [4.78, 5) is 11.6. The van der Waals surface area contributed by atoms with Crippen LogP contribution in [0, 0.1) is 23.6 Å². The molecule has 0 saturated heterocycles. The highest BCUT2D eigenvalue weighted by Gasteiger charge is 2.12. The Balaban J connectivity index is 2.83. The molecule has 96 valence electrons. The Labute approximate surface area is 106 Å². The average Bonchev–Trinajstić information content (AvgIpc) is 2.38. The van der Waals surface area contributed by atoms with Gasteiger partial charge in [-0.1, -0.05) is 25.7 Å². The average molecular weight is 249 g/mol. The number of benzene rings is 1. The Hall–Kier alpha value is -1.86. The molecule has 1 unspecified atom stereocenters. The van der Waals surface area contributed by atoms with Crippen molar-refractivity contribution in [2.45, 2.75) is 20.3 Å². The van der Waals surface area contributed by atoms with E-state index in [1.165, 1.54) is 12.1 Å². The number of rotatable bonds is 3. The van der Waals surface area contributed by atoms with Crippen molar-refractivity contribution in [2.75, 3.05) is 11.9 Å². The lowest BCUT2D eigenvalue weighted by Crippen LogP contribution is -2.20. The molecule has 0 fully saturated rings. The van der Waals surface area contributed by atoms with Gasteiger partial charge in [0.25, 0.3) is 0 Å². The topological polar surface area (TPSA) is 49.3 Å². The highest BCUT2D eigenvalue weighted by molar-refractivity contribution is 5.92. The number of halogens is 1. The summed E-state index contributed by atoms with van der Waals surface area (Å²) < 4.78 is 13.7. The molecule has 4 heteroatoms. The Morgan fingerprint density at radius 3 is 2.83 bits per heavy atom. The number of carbonyl (C=O) groups is 1. The first-order valence-electron chi connectivity index (χ1n) is 5.78. The molecular formula is C14H16FNO2. The van der Waals surface area contributed by atoms with Gasteiger partial charge in [-0.15, -0.1) is 0 Å². The van der Waals surface area contributed by atoms with Crippen LogP contribution in [-0.4, -0.2) is 17.6 Å². The van der Waals surface area contributed by atoms with Crippen LogP contribution in [0.15, 0.2) is 18.2 Å². The van der Waals surface area contributed by atoms with E-state index >= 15 is 0 Å². The van der Waals surface area contributed by atoms with Crippen molar-refractivity contribution in [3.63, 3.8) is 0 Å². The highest BCUT2D eigenvalue weighted by atomic mass is 19.1. The number of hydrogen-bond acceptors (Lipinski definition) is 2. The maximum absolute atomic E-state index is 13.7. The molecule has 3 nitrogen and oxygen atoms in total. The molecule has 0 spiro atoms. The van der Waals surface area contributed by atoms with Crippen molar-refractivity contribution in [1.29, 1.82) is 0 Å². The summed E-state index contributed by atoms with van der Waals surface area (Å²) in [5, 5.41) is 11.1. The van der Waals surface area contributed by atoms with Crippen molar-refractivity contribution in [3.8, 4) is 11.8 Å². The van der Waals surface area contributed by atoms with E-state index < -0.39 is 5.82 Å². The fourth-order valence-corrected chi connectivity index (χ4v) is 1.28. The van der Waals surface area contributed by atoms with Gasteiger partial charge in [0, 0.05) is 11.5 Å². The molecule has 0 radical (unpaired) electrons. The fraction of sp³-hybridized carbons (Fsp3) is 0.357. The third-order valence-electron chi connectivity index (χ3n) is 2.60. The van der Waals surface area contributed by atoms with Crippen LogP contribution in [-0.2, 0) is 4.79 Å². The Kier molecular flexibility index (Phi) is 5.34. The Morgan fingerprint density at radius 1 is 1.56 bits per heavy atom. The zero-order chi connectivity index (χ0) is 13.5. The number of anilines is 1. The molecular weight excluding hydrogens is 233 g/mol. The van der Waals surface area contributed by atoms with Crippen molar-refractivity contribution in [1.82, 2.24) is 0 Å². The summed E-state index contributed by atoms with van der Waals surface area (Å²) in [6, 6.07) is 4.30. The van der Waals surface area contributed by atoms with Gasteiger partial charge in [0.15, 0.2) is 0 Å². The highest BCUT2D eigenvalue weighted by Crippen LogP contribution is 2.16. The van der Waals surface area contributed by atoms with E-state index in [4.69, 9.17) is 5.11 Å². The molecule has 0 aliphatic rings. The predicted molar refractivity (Wildman–Crippen MR) is 68.4 cm³/mol. The predicted octanol–water partition coefficient (Wildman–Crippen LogP) is 2.15. The third-order valence-corrected chi connectivity index (χ3v) is 2.60. The van der Waals surface area contributed by atoms with Crippen molar-refractivity contribution >= 4 is 11.6 Å². The number of nitrogens with one attached hydrogen (secondary N) is 1. The van der Waals surface area contributed by atoms with Gasteiger partial charge >= 0.3 is 0 Å². The molecule has 0 aliphatic carbocycles. The summed E-state index contributed by atoms with van der Waals surface area (Å²) in [7, 11) is 0. The molecule has 1 atom stereocenters. The molecule has 0 aromatic heterocycles. The minimum Gasteiger partial charge on any atom is -0.384 e. The van der Waals surface area contributed by atoms with Crippen molar-refractivity contribution in [2.24, 2.45) is 5.92 Å². The van der Waals surface area contributed by atoms with Crippen LogP contribution in [0.2, 0.25) is 0 Å². The minimum atomic E-state index is -0.531. The molecule has 18 heavy (non-hydrogen) atoms. The normalized spacial score (nSPS) is 11.3.